The number of sulfonamides is 1. The topological polar surface area (TPSA) is 66.4 Å². The van der Waals surface area contributed by atoms with Gasteiger partial charge < -0.3 is 5.11 Å². The van der Waals surface area contributed by atoms with E-state index >= 15 is 0 Å². The molecule has 0 aromatic heterocycles. The molecule has 0 fully saturated rings. The third-order valence-electron chi connectivity index (χ3n) is 2.65. The van der Waals surface area contributed by atoms with Crippen molar-refractivity contribution in [2.24, 2.45) is 0 Å². The summed E-state index contributed by atoms with van der Waals surface area (Å²) in [7, 11) is -3.65. The Kier molecular flexibility index (Phi) is 5.60. The van der Waals surface area contributed by atoms with Crippen molar-refractivity contribution in [3.63, 3.8) is 0 Å². The van der Waals surface area contributed by atoms with Gasteiger partial charge in [-0.05, 0) is 60.8 Å². The van der Waals surface area contributed by atoms with Crippen LogP contribution < -0.4 is 4.72 Å². The summed E-state index contributed by atoms with van der Waals surface area (Å²) >= 11 is 6.60. The van der Waals surface area contributed by atoms with Crippen molar-refractivity contribution in [3.05, 3.63) is 26.6 Å². The molecule has 0 saturated carbocycles. The molecular formula is C12H17Br2NO3S. The van der Waals surface area contributed by atoms with Crippen LogP contribution in [0.4, 0.5) is 0 Å². The molecule has 7 heteroatoms. The summed E-state index contributed by atoms with van der Waals surface area (Å²) < 4.78 is 28.6. The third-order valence-corrected chi connectivity index (χ3v) is 6.16. The highest BCUT2D eigenvalue weighted by Gasteiger charge is 2.27. The number of nitrogens with one attached hydrogen (secondary N) is 1. The first kappa shape index (κ1) is 17.1. The molecule has 1 rings (SSSR count). The molecule has 4 nitrogen and oxygen atoms in total. The molecule has 0 spiro atoms. The first-order valence-corrected chi connectivity index (χ1v) is 8.76. The lowest BCUT2D eigenvalue weighted by Gasteiger charge is -2.25. The molecule has 0 saturated heterocycles. The van der Waals surface area contributed by atoms with Crippen molar-refractivity contribution in [3.8, 4) is 0 Å². The molecule has 0 aliphatic carbocycles. The summed E-state index contributed by atoms with van der Waals surface area (Å²) in [6.07, 6.45) is 0.344. The maximum Gasteiger partial charge on any atom is 0.242 e. The summed E-state index contributed by atoms with van der Waals surface area (Å²) in [5.74, 6) is 0. The van der Waals surface area contributed by atoms with E-state index in [1.54, 1.807) is 26.0 Å². The molecule has 1 aromatic carbocycles. The van der Waals surface area contributed by atoms with Gasteiger partial charge in [-0.3, -0.25) is 0 Å². The fraction of sp³-hybridized carbons (Fsp3) is 0.500. The van der Waals surface area contributed by atoms with Crippen molar-refractivity contribution in [1.29, 1.82) is 0 Å². The highest BCUT2D eigenvalue weighted by atomic mass is 79.9. The average Bonchev–Trinajstić information content (AvgIpc) is 2.21. The van der Waals surface area contributed by atoms with Crippen LogP contribution in [0.25, 0.3) is 0 Å². The quantitative estimate of drug-likeness (QED) is 0.778. The van der Waals surface area contributed by atoms with Crippen LogP contribution in [-0.2, 0) is 10.0 Å². The number of aliphatic hydroxyl groups is 1. The van der Waals surface area contributed by atoms with Crippen LogP contribution in [0.1, 0.15) is 25.8 Å². The monoisotopic (exact) mass is 413 g/mol. The van der Waals surface area contributed by atoms with E-state index in [1.165, 1.54) is 0 Å². The minimum atomic E-state index is -3.65. The molecule has 0 heterocycles. The number of rotatable bonds is 5. The van der Waals surface area contributed by atoms with Gasteiger partial charge >= 0.3 is 0 Å². The van der Waals surface area contributed by atoms with E-state index < -0.39 is 15.6 Å². The van der Waals surface area contributed by atoms with Crippen molar-refractivity contribution in [2.75, 3.05) is 6.61 Å². The first-order valence-electron chi connectivity index (χ1n) is 5.69. The summed E-state index contributed by atoms with van der Waals surface area (Å²) in [4.78, 5) is 0.177. The van der Waals surface area contributed by atoms with Gasteiger partial charge in [0.25, 0.3) is 0 Å². The van der Waals surface area contributed by atoms with E-state index in [9.17, 15) is 8.42 Å². The first-order chi connectivity index (χ1) is 8.59. The molecule has 0 bridgehead atoms. The molecule has 19 heavy (non-hydrogen) atoms. The van der Waals surface area contributed by atoms with Crippen LogP contribution in [0.15, 0.2) is 26.0 Å². The molecule has 0 atom stereocenters. The number of hydrogen-bond donors (Lipinski definition) is 2. The standard InChI is InChI=1S/C12H17Br2NO3S/c1-8-6-10(14)11(7-9(8)13)19(17,18)15-12(2,3)4-5-16/h6-7,15-16H,4-5H2,1-3H3. The third kappa shape index (κ3) is 4.53. The van der Waals surface area contributed by atoms with Crippen LogP contribution in [0.2, 0.25) is 0 Å². The number of aliphatic hydroxyl groups excluding tert-OH is 1. The zero-order valence-electron chi connectivity index (χ0n) is 11.0. The summed E-state index contributed by atoms with van der Waals surface area (Å²) in [5, 5.41) is 8.95. The van der Waals surface area contributed by atoms with Gasteiger partial charge in [-0.25, -0.2) is 13.1 Å². The zero-order chi connectivity index (χ0) is 14.8. The Bertz CT molecular complexity index is 571. The Balaban J connectivity index is 3.18. The molecule has 0 unspecified atom stereocenters. The highest BCUT2D eigenvalue weighted by molar-refractivity contribution is 9.11. The van der Waals surface area contributed by atoms with Gasteiger partial charge in [0.05, 0.1) is 4.90 Å². The molecule has 0 aliphatic rings. The maximum atomic E-state index is 12.4. The smallest absolute Gasteiger partial charge is 0.242 e. The van der Waals surface area contributed by atoms with Gasteiger partial charge in [-0.15, -0.1) is 0 Å². The van der Waals surface area contributed by atoms with E-state index in [1.807, 2.05) is 6.92 Å². The van der Waals surface area contributed by atoms with E-state index in [-0.39, 0.29) is 11.5 Å². The lowest BCUT2D eigenvalue weighted by Crippen LogP contribution is -2.44. The Labute approximate surface area is 130 Å². The van der Waals surface area contributed by atoms with Crippen LogP contribution in [0, 0.1) is 6.92 Å². The van der Waals surface area contributed by atoms with Crippen molar-refractivity contribution >= 4 is 41.9 Å². The summed E-state index contributed by atoms with van der Waals surface area (Å²) in [5.41, 5.74) is 0.241. The van der Waals surface area contributed by atoms with E-state index in [0.29, 0.717) is 10.9 Å². The van der Waals surface area contributed by atoms with Crippen LogP contribution in [-0.4, -0.2) is 25.7 Å². The fourth-order valence-corrected chi connectivity index (χ4v) is 4.70. The molecule has 108 valence electrons. The number of halogens is 2. The van der Waals surface area contributed by atoms with Gasteiger partial charge in [0, 0.05) is 21.1 Å². The summed E-state index contributed by atoms with van der Waals surface area (Å²) in [6.45, 7) is 5.28. The molecule has 0 radical (unpaired) electrons. The van der Waals surface area contributed by atoms with Crippen LogP contribution in [0.3, 0.4) is 0 Å². The SMILES string of the molecule is Cc1cc(Br)c(S(=O)(=O)NC(C)(C)CCO)cc1Br. The van der Waals surface area contributed by atoms with Crippen molar-refractivity contribution < 1.29 is 13.5 Å². The lowest BCUT2D eigenvalue weighted by molar-refractivity contribution is 0.245. The molecule has 2 N–H and O–H groups in total. The van der Waals surface area contributed by atoms with Gasteiger partial charge in [0.15, 0.2) is 0 Å². The fourth-order valence-electron chi connectivity index (χ4n) is 1.58. The molecule has 0 aliphatic heterocycles. The van der Waals surface area contributed by atoms with Crippen molar-refractivity contribution in [1.82, 2.24) is 4.72 Å². The largest absolute Gasteiger partial charge is 0.396 e. The number of aryl methyl sites for hydroxylation is 1. The van der Waals surface area contributed by atoms with Gasteiger partial charge in [-0.1, -0.05) is 15.9 Å². The predicted molar refractivity (Wildman–Crippen MR) is 82.7 cm³/mol. The maximum absolute atomic E-state index is 12.4. The van der Waals surface area contributed by atoms with E-state index in [2.05, 4.69) is 36.6 Å². The minimum absolute atomic E-state index is 0.0751. The molecular weight excluding hydrogens is 398 g/mol. The Hall–Kier alpha value is 0.0500. The van der Waals surface area contributed by atoms with Gasteiger partial charge in [-0.2, -0.15) is 0 Å². The highest BCUT2D eigenvalue weighted by Crippen LogP contribution is 2.29. The van der Waals surface area contributed by atoms with E-state index in [0.717, 1.165) is 10.0 Å². The summed E-state index contributed by atoms with van der Waals surface area (Å²) in [6, 6.07) is 3.31. The molecule has 1 aromatic rings. The second-order valence-electron chi connectivity index (χ2n) is 4.99. The second kappa shape index (κ2) is 6.22. The predicted octanol–water partition coefficient (Wildman–Crippen LogP) is 2.96. The second-order valence-corrected chi connectivity index (χ2v) is 8.35. The Morgan fingerprint density at radius 3 is 2.37 bits per heavy atom. The van der Waals surface area contributed by atoms with Gasteiger partial charge in [0.2, 0.25) is 10.0 Å². The van der Waals surface area contributed by atoms with Gasteiger partial charge in [0.1, 0.15) is 0 Å². The normalized spacial score (nSPS) is 12.7. The lowest BCUT2D eigenvalue weighted by atomic mass is 10.0. The minimum Gasteiger partial charge on any atom is -0.396 e. The zero-order valence-corrected chi connectivity index (χ0v) is 15.0. The Morgan fingerprint density at radius 2 is 1.84 bits per heavy atom. The Morgan fingerprint density at radius 1 is 1.26 bits per heavy atom. The number of benzene rings is 1. The van der Waals surface area contributed by atoms with Crippen LogP contribution >= 0.6 is 31.9 Å². The van der Waals surface area contributed by atoms with E-state index in [4.69, 9.17) is 5.11 Å². The van der Waals surface area contributed by atoms with Crippen molar-refractivity contribution in [2.45, 2.75) is 37.6 Å². The number of hydrogen-bond acceptors (Lipinski definition) is 3. The average molecular weight is 415 g/mol. The van der Waals surface area contributed by atoms with Crippen LogP contribution in [0.5, 0.6) is 0 Å². The molecule has 0 amide bonds.